The van der Waals surface area contributed by atoms with Crippen molar-refractivity contribution in [2.24, 2.45) is 0 Å². The lowest BCUT2D eigenvalue weighted by atomic mass is 10.1. The molecule has 2 aromatic rings. The fourth-order valence-corrected chi connectivity index (χ4v) is 3.74. The number of hydrogen-bond donors (Lipinski definition) is 2. The zero-order valence-electron chi connectivity index (χ0n) is 16.3. The van der Waals surface area contributed by atoms with E-state index >= 15 is 0 Å². The maximum atomic E-state index is 12.9. The standard InChI is InChI=1S/C22H26BrN3O2/c1-3-15(2)24-22(28)18-14-16(10-11-20(18)26-12-6-7-13-26)25-21(27)17-8-4-5-9-19(17)23/h4-5,8-11,14-15H,3,6-7,12-13H2,1-2H3,(H,24,28)(H,25,27). The van der Waals surface area contributed by atoms with Crippen LogP contribution < -0.4 is 15.5 Å². The summed E-state index contributed by atoms with van der Waals surface area (Å²) in [5.74, 6) is -0.317. The molecule has 2 amide bonds. The largest absolute Gasteiger partial charge is 0.371 e. The van der Waals surface area contributed by atoms with Gasteiger partial charge in [0.05, 0.1) is 11.1 Å². The Hall–Kier alpha value is -2.34. The molecule has 1 aliphatic rings. The summed E-state index contributed by atoms with van der Waals surface area (Å²) in [5, 5.41) is 5.96. The highest BCUT2D eigenvalue weighted by Gasteiger charge is 2.21. The van der Waals surface area contributed by atoms with Crippen LogP contribution in [0.5, 0.6) is 0 Å². The van der Waals surface area contributed by atoms with Crippen LogP contribution in [0.15, 0.2) is 46.9 Å². The molecule has 2 aromatic carbocycles. The van der Waals surface area contributed by atoms with Gasteiger partial charge in [-0.3, -0.25) is 9.59 Å². The van der Waals surface area contributed by atoms with Crippen LogP contribution in [-0.4, -0.2) is 30.9 Å². The molecular weight excluding hydrogens is 418 g/mol. The first kappa shape index (κ1) is 20.4. The lowest BCUT2D eigenvalue weighted by Gasteiger charge is -2.23. The minimum absolute atomic E-state index is 0.0949. The van der Waals surface area contributed by atoms with Crippen molar-refractivity contribution < 1.29 is 9.59 Å². The fourth-order valence-electron chi connectivity index (χ4n) is 3.28. The number of hydrogen-bond acceptors (Lipinski definition) is 3. The van der Waals surface area contributed by atoms with E-state index in [1.807, 2.05) is 44.2 Å². The van der Waals surface area contributed by atoms with Gasteiger partial charge in [0.1, 0.15) is 0 Å². The molecule has 1 atom stereocenters. The number of rotatable bonds is 6. The Kier molecular flexibility index (Phi) is 6.73. The Labute approximate surface area is 174 Å². The second-order valence-corrected chi connectivity index (χ2v) is 8.00. The first-order valence-electron chi connectivity index (χ1n) is 9.75. The van der Waals surface area contributed by atoms with Crippen molar-refractivity contribution in [1.29, 1.82) is 0 Å². The van der Waals surface area contributed by atoms with E-state index in [9.17, 15) is 9.59 Å². The maximum absolute atomic E-state index is 12.9. The van der Waals surface area contributed by atoms with Crippen molar-refractivity contribution in [1.82, 2.24) is 5.32 Å². The molecule has 2 N–H and O–H groups in total. The Morgan fingerprint density at radius 3 is 2.46 bits per heavy atom. The van der Waals surface area contributed by atoms with E-state index in [0.717, 1.165) is 42.5 Å². The number of halogens is 1. The Balaban J connectivity index is 1.88. The number of amides is 2. The minimum atomic E-state index is -0.213. The fraction of sp³-hybridized carbons (Fsp3) is 0.364. The van der Waals surface area contributed by atoms with Crippen molar-refractivity contribution in [2.45, 2.75) is 39.2 Å². The van der Waals surface area contributed by atoms with Crippen LogP contribution in [0, 0.1) is 0 Å². The number of carbonyl (C=O) groups is 2. The molecule has 1 unspecified atom stereocenters. The number of nitrogens with zero attached hydrogens (tertiary/aromatic N) is 1. The van der Waals surface area contributed by atoms with Crippen LogP contribution in [0.4, 0.5) is 11.4 Å². The van der Waals surface area contributed by atoms with E-state index in [1.54, 1.807) is 12.1 Å². The predicted molar refractivity (Wildman–Crippen MR) is 117 cm³/mol. The van der Waals surface area contributed by atoms with Crippen molar-refractivity contribution in [3.63, 3.8) is 0 Å². The van der Waals surface area contributed by atoms with E-state index < -0.39 is 0 Å². The first-order valence-corrected chi connectivity index (χ1v) is 10.5. The average Bonchev–Trinajstić information content (AvgIpc) is 3.22. The van der Waals surface area contributed by atoms with Gasteiger partial charge < -0.3 is 15.5 Å². The normalized spacial score (nSPS) is 14.6. The van der Waals surface area contributed by atoms with E-state index in [1.165, 1.54) is 0 Å². The smallest absolute Gasteiger partial charge is 0.256 e. The summed E-state index contributed by atoms with van der Waals surface area (Å²) in [5.41, 5.74) is 2.69. The first-order chi connectivity index (χ1) is 13.5. The molecule has 5 nitrogen and oxygen atoms in total. The zero-order chi connectivity index (χ0) is 20.1. The Bertz CT molecular complexity index is 863. The van der Waals surface area contributed by atoms with Gasteiger partial charge in [-0.2, -0.15) is 0 Å². The van der Waals surface area contributed by atoms with Gasteiger partial charge in [-0.1, -0.05) is 19.1 Å². The molecule has 0 aliphatic carbocycles. The monoisotopic (exact) mass is 443 g/mol. The molecule has 148 valence electrons. The van der Waals surface area contributed by atoms with Gasteiger partial charge in [-0.05, 0) is 72.4 Å². The summed E-state index contributed by atoms with van der Waals surface area (Å²) in [6.45, 7) is 5.94. The third-order valence-corrected chi connectivity index (χ3v) is 5.75. The quantitative estimate of drug-likeness (QED) is 0.671. The van der Waals surface area contributed by atoms with Gasteiger partial charge in [0, 0.05) is 35.0 Å². The highest BCUT2D eigenvalue weighted by molar-refractivity contribution is 9.10. The molecule has 1 saturated heterocycles. The lowest BCUT2D eigenvalue weighted by molar-refractivity contribution is 0.0938. The van der Waals surface area contributed by atoms with Gasteiger partial charge in [0.15, 0.2) is 0 Å². The number of anilines is 2. The minimum Gasteiger partial charge on any atom is -0.371 e. The molecule has 0 aromatic heterocycles. The highest BCUT2D eigenvalue weighted by Crippen LogP contribution is 2.28. The van der Waals surface area contributed by atoms with Crippen LogP contribution >= 0.6 is 15.9 Å². The molecule has 3 rings (SSSR count). The second kappa shape index (κ2) is 9.24. The predicted octanol–water partition coefficient (Wildman–Crippen LogP) is 4.83. The molecule has 6 heteroatoms. The van der Waals surface area contributed by atoms with Crippen LogP contribution in [0.1, 0.15) is 53.8 Å². The summed E-state index contributed by atoms with van der Waals surface area (Å²) >= 11 is 3.41. The third-order valence-electron chi connectivity index (χ3n) is 5.05. The van der Waals surface area contributed by atoms with Crippen molar-refractivity contribution >= 4 is 39.1 Å². The molecule has 1 heterocycles. The maximum Gasteiger partial charge on any atom is 0.256 e. The van der Waals surface area contributed by atoms with Gasteiger partial charge in [-0.15, -0.1) is 0 Å². The van der Waals surface area contributed by atoms with Crippen LogP contribution in [0.25, 0.3) is 0 Å². The molecule has 0 spiro atoms. The van der Waals surface area contributed by atoms with E-state index in [2.05, 4.69) is 31.5 Å². The van der Waals surface area contributed by atoms with Crippen molar-refractivity contribution in [2.75, 3.05) is 23.3 Å². The molecule has 28 heavy (non-hydrogen) atoms. The Morgan fingerprint density at radius 1 is 1.07 bits per heavy atom. The lowest BCUT2D eigenvalue weighted by Crippen LogP contribution is -2.33. The zero-order valence-corrected chi connectivity index (χ0v) is 17.9. The van der Waals surface area contributed by atoms with Crippen LogP contribution in [0.2, 0.25) is 0 Å². The van der Waals surface area contributed by atoms with Crippen molar-refractivity contribution in [3.8, 4) is 0 Å². The summed E-state index contributed by atoms with van der Waals surface area (Å²) < 4.78 is 0.732. The molecule has 1 fully saturated rings. The molecule has 0 saturated carbocycles. The van der Waals surface area contributed by atoms with Gasteiger partial charge in [-0.25, -0.2) is 0 Å². The topological polar surface area (TPSA) is 61.4 Å². The Morgan fingerprint density at radius 2 is 1.79 bits per heavy atom. The van der Waals surface area contributed by atoms with E-state index in [0.29, 0.717) is 16.8 Å². The SMILES string of the molecule is CCC(C)NC(=O)c1cc(NC(=O)c2ccccc2Br)ccc1N1CCCC1. The van der Waals surface area contributed by atoms with Crippen LogP contribution in [-0.2, 0) is 0 Å². The molecule has 0 radical (unpaired) electrons. The summed E-state index contributed by atoms with van der Waals surface area (Å²) in [6, 6.07) is 12.9. The number of benzene rings is 2. The second-order valence-electron chi connectivity index (χ2n) is 7.14. The molecule has 0 bridgehead atoms. The number of nitrogens with one attached hydrogen (secondary N) is 2. The summed E-state index contributed by atoms with van der Waals surface area (Å²) in [4.78, 5) is 27.8. The van der Waals surface area contributed by atoms with Gasteiger partial charge in [0.25, 0.3) is 11.8 Å². The third kappa shape index (κ3) is 4.73. The summed E-state index contributed by atoms with van der Waals surface area (Å²) in [7, 11) is 0. The van der Waals surface area contributed by atoms with Gasteiger partial charge in [0.2, 0.25) is 0 Å². The number of carbonyl (C=O) groups excluding carboxylic acids is 2. The van der Waals surface area contributed by atoms with E-state index in [-0.39, 0.29) is 17.9 Å². The average molecular weight is 444 g/mol. The summed E-state index contributed by atoms with van der Waals surface area (Å²) in [6.07, 6.45) is 3.13. The molecule has 1 aliphatic heterocycles. The van der Waals surface area contributed by atoms with Gasteiger partial charge >= 0.3 is 0 Å². The highest BCUT2D eigenvalue weighted by atomic mass is 79.9. The molecular formula is C22H26BrN3O2. The van der Waals surface area contributed by atoms with E-state index in [4.69, 9.17) is 0 Å². The van der Waals surface area contributed by atoms with Crippen molar-refractivity contribution in [3.05, 3.63) is 58.1 Å². The van der Waals surface area contributed by atoms with Crippen LogP contribution in [0.3, 0.4) is 0 Å².